The van der Waals surface area contributed by atoms with Gasteiger partial charge in [-0.25, -0.2) is 0 Å². The van der Waals surface area contributed by atoms with Crippen molar-refractivity contribution in [3.8, 4) is 0 Å². The second kappa shape index (κ2) is 15.1. The van der Waals surface area contributed by atoms with Crippen LogP contribution in [-0.4, -0.2) is 0 Å². The molecule has 0 radical (unpaired) electrons. The van der Waals surface area contributed by atoms with Crippen molar-refractivity contribution in [2.24, 2.45) is 0 Å². The number of hydrogen-bond acceptors (Lipinski definition) is 1. The summed E-state index contributed by atoms with van der Waals surface area (Å²) in [5.41, 5.74) is 13.7. The van der Waals surface area contributed by atoms with Gasteiger partial charge in [0, 0.05) is 5.69 Å². The van der Waals surface area contributed by atoms with Crippen molar-refractivity contribution in [2.45, 2.75) is 117 Å². The van der Waals surface area contributed by atoms with Crippen molar-refractivity contribution in [1.82, 2.24) is 0 Å². The first-order valence-corrected chi connectivity index (χ1v) is 13.0. The summed E-state index contributed by atoms with van der Waals surface area (Å²) in [6.07, 6.45) is 20.7. The summed E-state index contributed by atoms with van der Waals surface area (Å²) in [4.78, 5) is 0. The van der Waals surface area contributed by atoms with Crippen LogP contribution in [-0.2, 0) is 12.8 Å². The van der Waals surface area contributed by atoms with Gasteiger partial charge in [0.1, 0.15) is 0 Å². The van der Waals surface area contributed by atoms with Crippen LogP contribution in [0.15, 0.2) is 36.4 Å². The third-order valence-corrected chi connectivity index (χ3v) is 6.69. The molecule has 0 saturated carbocycles. The smallest absolute Gasteiger partial charge is 0.0319 e. The predicted octanol–water partition coefficient (Wildman–Crippen LogP) is 9.11. The molecule has 0 spiro atoms. The van der Waals surface area contributed by atoms with Crippen molar-refractivity contribution in [1.29, 1.82) is 0 Å². The van der Waals surface area contributed by atoms with Crippen molar-refractivity contribution in [3.05, 3.63) is 64.2 Å². The second-order valence-corrected chi connectivity index (χ2v) is 9.62. The maximum Gasteiger partial charge on any atom is 0.0319 e. The summed E-state index contributed by atoms with van der Waals surface area (Å²) < 4.78 is 0. The van der Waals surface area contributed by atoms with Gasteiger partial charge >= 0.3 is 0 Å². The topological polar surface area (TPSA) is 26.0 Å². The van der Waals surface area contributed by atoms with Crippen LogP contribution in [0.5, 0.6) is 0 Å². The van der Waals surface area contributed by atoms with Crippen molar-refractivity contribution in [3.63, 3.8) is 0 Å². The molecule has 0 atom stereocenters. The second-order valence-electron chi connectivity index (χ2n) is 9.62. The molecular weight excluding hydrogens is 374 g/mol. The lowest BCUT2D eigenvalue weighted by Crippen LogP contribution is -1.98. The first kappa shape index (κ1) is 25.5. The molecule has 31 heavy (non-hydrogen) atoms. The Balaban J connectivity index is 1.54. The molecule has 1 nitrogen and oxygen atoms in total. The Morgan fingerprint density at radius 3 is 1.48 bits per heavy atom. The minimum Gasteiger partial charge on any atom is -0.399 e. The van der Waals surface area contributed by atoms with Crippen LogP contribution in [0.1, 0.15) is 118 Å². The summed E-state index contributed by atoms with van der Waals surface area (Å²) >= 11 is 0. The molecule has 2 rings (SSSR count). The SMILES string of the molecule is CCCCCCCCCCCCCCCc1ccc(Cc2c(C)cc(N)cc2C)cc1. The zero-order chi connectivity index (χ0) is 22.3. The standard InChI is InChI=1S/C30H47N/c1-4-5-6-7-8-9-10-11-12-13-14-15-16-17-27-18-20-28(21-19-27)24-30-25(2)22-29(31)23-26(30)3/h18-23H,4-17,24,31H2,1-3H3. The van der Waals surface area contributed by atoms with Gasteiger partial charge in [0.05, 0.1) is 0 Å². The highest BCUT2D eigenvalue weighted by molar-refractivity contribution is 5.50. The number of nitrogens with two attached hydrogens (primary N) is 1. The molecule has 0 unspecified atom stereocenters. The molecule has 0 aliphatic heterocycles. The number of anilines is 1. The summed E-state index contributed by atoms with van der Waals surface area (Å²) in [6.45, 7) is 6.63. The van der Waals surface area contributed by atoms with Crippen molar-refractivity contribution < 1.29 is 0 Å². The van der Waals surface area contributed by atoms with E-state index < -0.39 is 0 Å². The highest BCUT2D eigenvalue weighted by Crippen LogP contribution is 2.22. The van der Waals surface area contributed by atoms with Crippen molar-refractivity contribution >= 4 is 5.69 Å². The third kappa shape index (κ3) is 10.4. The van der Waals surface area contributed by atoms with Crippen LogP contribution < -0.4 is 5.73 Å². The van der Waals surface area contributed by atoms with Gasteiger partial charge in [0.2, 0.25) is 0 Å². The molecule has 0 heterocycles. The molecule has 2 N–H and O–H groups in total. The Labute approximate surface area is 192 Å². The zero-order valence-electron chi connectivity index (χ0n) is 20.6. The van der Waals surface area contributed by atoms with E-state index in [-0.39, 0.29) is 0 Å². The maximum atomic E-state index is 5.96. The molecule has 2 aromatic carbocycles. The Kier molecular flexibility index (Phi) is 12.4. The first-order chi connectivity index (χ1) is 15.1. The van der Waals surface area contributed by atoms with Crippen LogP contribution >= 0.6 is 0 Å². The van der Waals surface area contributed by atoms with Crippen LogP contribution in [0.2, 0.25) is 0 Å². The molecular formula is C30H47N. The monoisotopic (exact) mass is 421 g/mol. The minimum absolute atomic E-state index is 0.868. The van der Waals surface area contributed by atoms with Gasteiger partial charge in [0.25, 0.3) is 0 Å². The fourth-order valence-corrected chi connectivity index (χ4v) is 4.68. The summed E-state index contributed by atoms with van der Waals surface area (Å²) in [6, 6.07) is 13.5. The Morgan fingerprint density at radius 2 is 1.00 bits per heavy atom. The van der Waals surface area contributed by atoms with Gasteiger partial charge in [-0.1, -0.05) is 108 Å². The molecule has 0 aliphatic rings. The van der Waals surface area contributed by atoms with Crippen molar-refractivity contribution in [2.75, 3.05) is 5.73 Å². The van der Waals surface area contributed by atoms with Gasteiger partial charge in [-0.05, 0) is 73.1 Å². The largest absolute Gasteiger partial charge is 0.399 e. The quantitative estimate of drug-likeness (QED) is 0.212. The van der Waals surface area contributed by atoms with Crippen LogP contribution in [0.25, 0.3) is 0 Å². The van der Waals surface area contributed by atoms with E-state index in [1.54, 1.807) is 0 Å². The third-order valence-electron chi connectivity index (χ3n) is 6.69. The Bertz CT molecular complexity index is 706. The number of benzene rings is 2. The average molecular weight is 422 g/mol. The summed E-state index contributed by atoms with van der Waals surface area (Å²) in [7, 11) is 0. The molecule has 0 saturated heterocycles. The van der Waals surface area contributed by atoms with Crippen LogP contribution in [0, 0.1) is 13.8 Å². The Morgan fingerprint density at radius 1 is 0.581 bits per heavy atom. The normalized spacial score (nSPS) is 11.2. The van der Waals surface area contributed by atoms with E-state index in [2.05, 4.69) is 57.2 Å². The van der Waals surface area contributed by atoms with Crippen LogP contribution in [0.4, 0.5) is 5.69 Å². The molecule has 0 aromatic heterocycles. The van der Waals surface area contributed by atoms with Gasteiger partial charge in [-0.2, -0.15) is 0 Å². The molecule has 0 aliphatic carbocycles. The summed E-state index contributed by atoms with van der Waals surface area (Å²) in [5.74, 6) is 0. The number of nitrogen functional groups attached to an aromatic ring is 1. The van der Waals surface area contributed by atoms with E-state index in [9.17, 15) is 0 Å². The molecule has 172 valence electrons. The van der Waals surface area contributed by atoms with Gasteiger partial charge < -0.3 is 5.73 Å². The van der Waals surface area contributed by atoms with E-state index in [4.69, 9.17) is 5.73 Å². The molecule has 0 bridgehead atoms. The number of unbranched alkanes of at least 4 members (excludes halogenated alkanes) is 12. The highest BCUT2D eigenvalue weighted by atomic mass is 14.5. The molecule has 1 heteroatoms. The highest BCUT2D eigenvalue weighted by Gasteiger charge is 2.06. The lowest BCUT2D eigenvalue weighted by molar-refractivity contribution is 0.539. The lowest BCUT2D eigenvalue weighted by Gasteiger charge is -2.12. The fraction of sp³-hybridized carbons (Fsp3) is 0.600. The van der Waals surface area contributed by atoms with E-state index in [0.717, 1.165) is 12.1 Å². The van der Waals surface area contributed by atoms with Gasteiger partial charge in [0.15, 0.2) is 0 Å². The molecule has 0 fully saturated rings. The number of aryl methyl sites for hydroxylation is 3. The van der Waals surface area contributed by atoms with E-state index >= 15 is 0 Å². The van der Waals surface area contributed by atoms with E-state index in [1.165, 1.54) is 118 Å². The summed E-state index contributed by atoms with van der Waals surface area (Å²) in [5, 5.41) is 0. The van der Waals surface area contributed by atoms with Gasteiger partial charge in [-0.15, -0.1) is 0 Å². The Hall–Kier alpha value is -1.76. The lowest BCUT2D eigenvalue weighted by atomic mass is 9.94. The maximum absolute atomic E-state index is 5.96. The zero-order valence-corrected chi connectivity index (χ0v) is 20.6. The predicted molar refractivity (Wildman–Crippen MR) is 139 cm³/mol. The van der Waals surface area contributed by atoms with Crippen LogP contribution in [0.3, 0.4) is 0 Å². The minimum atomic E-state index is 0.868. The fourth-order valence-electron chi connectivity index (χ4n) is 4.68. The number of hydrogen-bond donors (Lipinski definition) is 1. The van der Waals surface area contributed by atoms with E-state index in [0.29, 0.717) is 0 Å². The first-order valence-electron chi connectivity index (χ1n) is 13.0. The average Bonchev–Trinajstić information content (AvgIpc) is 2.75. The molecule has 0 amide bonds. The van der Waals surface area contributed by atoms with E-state index in [1.807, 2.05) is 0 Å². The number of rotatable bonds is 16. The van der Waals surface area contributed by atoms with Gasteiger partial charge in [-0.3, -0.25) is 0 Å². The molecule has 2 aromatic rings.